The zero-order valence-electron chi connectivity index (χ0n) is 12.0. The predicted molar refractivity (Wildman–Crippen MR) is 76.5 cm³/mol. The molecule has 2 N–H and O–H groups in total. The summed E-state index contributed by atoms with van der Waals surface area (Å²) in [6.45, 7) is 3.87. The van der Waals surface area contributed by atoms with Crippen LogP contribution in [0.15, 0.2) is 34.7 Å². The fourth-order valence-electron chi connectivity index (χ4n) is 2.06. The summed E-state index contributed by atoms with van der Waals surface area (Å²) < 4.78 is 18.2. The van der Waals surface area contributed by atoms with Gasteiger partial charge in [0.1, 0.15) is 11.6 Å². The number of hydrogen-bond donors (Lipinski definition) is 2. The van der Waals surface area contributed by atoms with E-state index in [1.54, 1.807) is 6.07 Å². The van der Waals surface area contributed by atoms with Gasteiger partial charge in [0.05, 0.1) is 6.10 Å². The molecule has 0 spiro atoms. The van der Waals surface area contributed by atoms with E-state index in [2.05, 4.69) is 5.32 Å². The van der Waals surface area contributed by atoms with Gasteiger partial charge in [-0.15, -0.1) is 0 Å². The van der Waals surface area contributed by atoms with Crippen LogP contribution in [0.2, 0.25) is 0 Å². The van der Waals surface area contributed by atoms with E-state index in [-0.39, 0.29) is 24.0 Å². The van der Waals surface area contributed by atoms with Gasteiger partial charge in [-0.1, -0.05) is 19.1 Å². The van der Waals surface area contributed by atoms with Crippen molar-refractivity contribution in [3.63, 3.8) is 0 Å². The van der Waals surface area contributed by atoms with Crippen molar-refractivity contribution in [3.8, 4) is 0 Å². The van der Waals surface area contributed by atoms with Gasteiger partial charge < -0.3 is 14.8 Å². The Bertz CT molecular complexity index is 619. The molecule has 5 heteroatoms. The van der Waals surface area contributed by atoms with E-state index >= 15 is 0 Å². The molecular weight excluding hydrogens is 273 g/mol. The lowest BCUT2D eigenvalue weighted by atomic mass is 10.1. The third-order valence-corrected chi connectivity index (χ3v) is 3.28. The predicted octanol–water partition coefficient (Wildman–Crippen LogP) is 2.75. The molecule has 0 fully saturated rings. The number of rotatable bonds is 5. The normalized spacial score (nSPS) is 12.2. The van der Waals surface area contributed by atoms with Gasteiger partial charge in [0.25, 0.3) is 5.91 Å². The first kappa shape index (κ1) is 15.3. The van der Waals surface area contributed by atoms with E-state index in [1.807, 2.05) is 13.8 Å². The molecule has 1 amide bonds. The molecule has 112 valence electrons. The first-order chi connectivity index (χ1) is 10.0. The molecule has 1 atom stereocenters. The second-order valence-corrected chi connectivity index (χ2v) is 4.85. The molecule has 1 aromatic carbocycles. The van der Waals surface area contributed by atoms with Crippen molar-refractivity contribution >= 4 is 5.91 Å². The fraction of sp³-hybridized carbons (Fsp3) is 0.312. The second-order valence-electron chi connectivity index (χ2n) is 4.85. The van der Waals surface area contributed by atoms with Crippen LogP contribution in [0.4, 0.5) is 4.39 Å². The number of furan rings is 1. The van der Waals surface area contributed by atoms with Gasteiger partial charge in [-0.3, -0.25) is 4.79 Å². The Hall–Kier alpha value is -2.14. The average Bonchev–Trinajstić information content (AvgIpc) is 2.86. The summed E-state index contributed by atoms with van der Waals surface area (Å²) in [5.74, 6) is 0.266. The number of hydrogen-bond acceptors (Lipinski definition) is 3. The maximum atomic E-state index is 12.8. The molecule has 0 aliphatic rings. The van der Waals surface area contributed by atoms with Gasteiger partial charge in [-0.25, -0.2) is 4.39 Å². The van der Waals surface area contributed by atoms with Gasteiger partial charge in [0, 0.05) is 13.0 Å². The Kier molecular flexibility index (Phi) is 4.75. The molecule has 1 aromatic heterocycles. The van der Waals surface area contributed by atoms with Crippen LogP contribution < -0.4 is 5.32 Å². The number of carbonyl (C=O) groups excluding carboxylic acids is 1. The number of carbonyl (C=O) groups is 1. The van der Waals surface area contributed by atoms with Crippen molar-refractivity contribution in [3.05, 3.63) is 58.8 Å². The summed E-state index contributed by atoms with van der Waals surface area (Å²) in [6.07, 6.45) is -0.173. The molecule has 0 aliphatic carbocycles. The Balaban J connectivity index is 1.95. The van der Waals surface area contributed by atoms with E-state index in [1.165, 1.54) is 24.3 Å². The van der Waals surface area contributed by atoms with Crippen LogP contribution >= 0.6 is 0 Å². The van der Waals surface area contributed by atoms with Crippen molar-refractivity contribution in [2.45, 2.75) is 26.4 Å². The summed E-state index contributed by atoms with van der Waals surface area (Å²) in [5.41, 5.74) is 1.48. The van der Waals surface area contributed by atoms with Crippen LogP contribution in [0.3, 0.4) is 0 Å². The van der Waals surface area contributed by atoms with E-state index in [0.29, 0.717) is 5.56 Å². The third-order valence-electron chi connectivity index (χ3n) is 3.28. The van der Waals surface area contributed by atoms with Gasteiger partial charge >= 0.3 is 0 Å². The van der Waals surface area contributed by atoms with Crippen LogP contribution in [-0.2, 0) is 6.42 Å². The summed E-state index contributed by atoms with van der Waals surface area (Å²) in [4.78, 5) is 11.9. The lowest BCUT2D eigenvalue weighted by Crippen LogP contribution is -2.28. The van der Waals surface area contributed by atoms with Gasteiger partial charge in [0.2, 0.25) is 0 Å². The summed E-state index contributed by atoms with van der Waals surface area (Å²) >= 11 is 0. The van der Waals surface area contributed by atoms with Gasteiger partial charge in [-0.2, -0.15) is 0 Å². The molecule has 0 saturated carbocycles. The number of nitrogens with one attached hydrogen (secondary N) is 1. The van der Waals surface area contributed by atoms with Crippen LogP contribution in [0.25, 0.3) is 0 Å². The highest BCUT2D eigenvalue weighted by molar-refractivity contribution is 5.91. The minimum atomic E-state index is -0.892. The summed E-state index contributed by atoms with van der Waals surface area (Å²) in [6, 6.07) is 7.18. The van der Waals surface area contributed by atoms with Crippen molar-refractivity contribution in [2.75, 3.05) is 6.54 Å². The number of aryl methyl sites for hydroxylation is 2. The largest absolute Gasteiger partial charge is 0.456 e. The smallest absolute Gasteiger partial charge is 0.287 e. The highest BCUT2D eigenvalue weighted by Gasteiger charge is 2.15. The monoisotopic (exact) mass is 291 g/mol. The molecule has 0 radical (unpaired) electrons. The zero-order valence-corrected chi connectivity index (χ0v) is 12.0. The topological polar surface area (TPSA) is 62.5 Å². The Morgan fingerprint density at radius 3 is 2.62 bits per heavy atom. The summed E-state index contributed by atoms with van der Waals surface area (Å²) in [7, 11) is 0. The van der Waals surface area contributed by atoms with E-state index in [9.17, 15) is 14.3 Å². The van der Waals surface area contributed by atoms with Crippen LogP contribution in [0, 0.1) is 12.7 Å². The minimum absolute atomic E-state index is 0.0334. The molecule has 2 rings (SSSR count). The highest BCUT2D eigenvalue weighted by atomic mass is 19.1. The Labute approximate surface area is 122 Å². The third kappa shape index (κ3) is 3.70. The maximum Gasteiger partial charge on any atom is 0.287 e. The summed E-state index contributed by atoms with van der Waals surface area (Å²) in [5, 5.41) is 12.5. The lowest BCUT2D eigenvalue weighted by Gasteiger charge is -2.11. The lowest BCUT2D eigenvalue weighted by molar-refractivity contribution is 0.0887. The van der Waals surface area contributed by atoms with E-state index in [0.717, 1.165) is 17.7 Å². The number of halogens is 1. The fourth-order valence-corrected chi connectivity index (χ4v) is 2.06. The SMILES string of the molecule is CCc1oc(C(=O)NCC(O)c2ccc(F)cc2)cc1C. The molecule has 2 aromatic rings. The molecule has 0 aliphatic heterocycles. The van der Waals surface area contributed by atoms with Crippen molar-refractivity contribution in [1.82, 2.24) is 5.32 Å². The molecule has 0 saturated heterocycles. The number of aliphatic hydroxyl groups excluding tert-OH is 1. The van der Waals surface area contributed by atoms with E-state index in [4.69, 9.17) is 4.42 Å². The first-order valence-corrected chi connectivity index (χ1v) is 6.82. The quantitative estimate of drug-likeness (QED) is 0.890. The van der Waals surface area contributed by atoms with Crippen LogP contribution in [0.5, 0.6) is 0 Å². The van der Waals surface area contributed by atoms with Crippen LogP contribution in [0.1, 0.15) is 40.5 Å². The zero-order chi connectivity index (χ0) is 15.4. The first-order valence-electron chi connectivity index (χ1n) is 6.82. The molecule has 1 heterocycles. The van der Waals surface area contributed by atoms with Crippen molar-refractivity contribution in [2.24, 2.45) is 0 Å². The van der Waals surface area contributed by atoms with Gasteiger partial charge in [0.15, 0.2) is 5.76 Å². The minimum Gasteiger partial charge on any atom is -0.456 e. The number of aliphatic hydroxyl groups is 1. The standard InChI is InChI=1S/C16H18FNO3/c1-3-14-10(2)8-15(21-14)16(20)18-9-13(19)11-4-6-12(17)7-5-11/h4-8,13,19H,3,9H2,1-2H3,(H,18,20). The number of amides is 1. The Morgan fingerprint density at radius 1 is 1.38 bits per heavy atom. The maximum absolute atomic E-state index is 12.8. The van der Waals surface area contributed by atoms with Crippen molar-refractivity contribution < 1.29 is 18.7 Å². The van der Waals surface area contributed by atoms with Crippen molar-refractivity contribution in [1.29, 1.82) is 0 Å². The van der Waals surface area contributed by atoms with Crippen LogP contribution in [-0.4, -0.2) is 17.6 Å². The van der Waals surface area contributed by atoms with Gasteiger partial charge in [-0.05, 0) is 36.2 Å². The highest BCUT2D eigenvalue weighted by Crippen LogP contribution is 2.16. The molecule has 0 bridgehead atoms. The Morgan fingerprint density at radius 2 is 2.05 bits per heavy atom. The average molecular weight is 291 g/mol. The second kappa shape index (κ2) is 6.54. The van der Waals surface area contributed by atoms with E-state index < -0.39 is 6.10 Å². The molecule has 4 nitrogen and oxygen atoms in total. The molecule has 21 heavy (non-hydrogen) atoms. The molecular formula is C16H18FNO3. The number of benzene rings is 1. The molecule has 1 unspecified atom stereocenters.